The molecule has 1 aromatic heterocycles. The summed E-state index contributed by atoms with van der Waals surface area (Å²) in [7, 11) is 0. The lowest BCUT2D eigenvalue weighted by Crippen LogP contribution is -2.37. The molecule has 0 saturated heterocycles. The molecule has 2 N–H and O–H groups in total. The maximum atomic E-state index is 6.09. The van der Waals surface area contributed by atoms with Gasteiger partial charge in [0.15, 0.2) is 5.96 Å². The lowest BCUT2D eigenvalue weighted by molar-refractivity contribution is 0.643. The highest BCUT2D eigenvalue weighted by atomic mass is 79.9. The van der Waals surface area contributed by atoms with Gasteiger partial charge in [-0.1, -0.05) is 12.1 Å². The molecule has 0 saturated carbocycles. The summed E-state index contributed by atoms with van der Waals surface area (Å²) in [6.45, 7) is 3.64. The molecule has 0 aliphatic carbocycles. The number of guanidine groups is 1. The van der Waals surface area contributed by atoms with Crippen molar-refractivity contribution in [3.05, 3.63) is 47.0 Å². The van der Waals surface area contributed by atoms with Gasteiger partial charge in [-0.15, -0.1) is 0 Å². The van der Waals surface area contributed by atoms with Gasteiger partial charge in [0.1, 0.15) is 0 Å². The van der Waals surface area contributed by atoms with Gasteiger partial charge in [0.05, 0.1) is 36.5 Å². The van der Waals surface area contributed by atoms with Crippen molar-refractivity contribution in [3.63, 3.8) is 0 Å². The Hall–Kier alpha value is -1.82. The molecule has 1 aliphatic heterocycles. The number of para-hydroxylation sites is 1. The zero-order chi connectivity index (χ0) is 14.1. The van der Waals surface area contributed by atoms with Crippen molar-refractivity contribution in [2.75, 3.05) is 11.4 Å². The van der Waals surface area contributed by atoms with Gasteiger partial charge in [-0.25, -0.2) is 4.98 Å². The fraction of sp³-hybridized carbons (Fsp3) is 0.286. The number of nitrogens with zero attached hydrogens (tertiary/aromatic N) is 4. The van der Waals surface area contributed by atoms with Crippen LogP contribution in [0, 0.1) is 0 Å². The van der Waals surface area contributed by atoms with Crippen LogP contribution < -0.4 is 10.6 Å². The Kier molecular flexibility index (Phi) is 3.48. The molecule has 0 fully saturated rings. The Labute approximate surface area is 126 Å². The number of rotatable bonds is 3. The number of hydrogen-bond donors (Lipinski definition) is 1. The number of benzene rings is 1. The molecule has 0 spiro atoms. The van der Waals surface area contributed by atoms with Crippen LogP contribution >= 0.6 is 15.9 Å². The smallest absolute Gasteiger partial charge is 0.196 e. The molecule has 5 nitrogen and oxygen atoms in total. The number of nitrogens with two attached hydrogens (primary N) is 1. The first-order valence-electron chi connectivity index (χ1n) is 6.56. The molecule has 0 amide bonds. The summed E-state index contributed by atoms with van der Waals surface area (Å²) in [6, 6.07) is 8.13. The number of aliphatic imine (C=N–C) groups is 1. The minimum absolute atomic E-state index is 0.0937. The van der Waals surface area contributed by atoms with Crippen LogP contribution in [0.4, 0.5) is 5.69 Å². The third-order valence-corrected chi connectivity index (χ3v) is 4.19. The van der Waals surface area contributed by atoms with Crippen molar-refractivity contribution in [2.24, 2.45) is 10.7 Å². The van der Waals surface area contributed by atoms with E-state index in [1.54, 1.807) is 0 Å². The average molecular weight is 334 g/mol. The molecule has 1 aliphatic rings. The van der Waals surface area contributed by atoms with Crippen LogP contribution in [0.25, 0.3) is 0 Å². The topological polar surface area (TPSA) is 59.4 Å². The third kappa shape index (κ3) is 2.10. The van der Waals surface area contributed by atoms with E-state index in [2.05, 4.69) is 42.3 Å². The van der Waals surface area contributed by atoms with Crippen molar-refractivity contribution in [2.45, 2.75) is 19.5 Å². The zero-order valence-corrected chi connectivity index (χ0v) is 12.8. The lowest BCUT2D eigenvalue weighted by atomic mass is 10.1. The van der Waals surface area contributed by atoms with Gasteiger partial charge in [0, 0.05) is 11.0 Å². The summed E-state index contributed by atoms with van der Waals surface area (Å²) in [5.74, 6) is 0.547. The van der Waals surface area contributed by atoms with Crippen LogP contribution in [0.2, 0.25) is 0 Å². The quantitative estimate of drug-likeness (QED) is 0.938. The zero-order valence-electron chi connectivity index (χ0n) is 11.2. The number of aromatic nitrogens is 2. The Bertz CT molecular complexity index is 649. The Morgan fingerprint density at radius 3 is 2.95 bits per heavy atom. The van der Waals surface area contributed by atoms with Crippen molar-refractivity contribution >= 4 is 27.6 Å². The summed E-state index contributed by atoms with van der Waals surface area (Å²) in [6.07, 6.45) is 3.74. The van der Waals surface area contributed by atoms with E-state index in [0.717, 1.165) is 22.4 Å². The van der Waals surface area contributed by atoms with Gasteiger partial charge < -0.3 is 15.2 Å². The van der Waals surface area contributed by atoms with Gasteiger partial charge in [-0.05, 0) is 35.0 Å². The molecule has 104 valence electrons. The van der Waals surface area contributed by atoms with Crippen LogP contribution in [0.5, 0.6) is 0 Å². The molecule has 3 rings (SSSR count). The minimum Gasteiger partial charge on any atom is -0.369 e. The third-order valence-electron chi connectivity index (χ3n) is 3.52. The summed E-state index contributed by atoms with van der Waals surface area (Å²) < 4.78 is 3.13. The lowest BCUT2D eigenvalue weighted by Gasteiger charge is -2.27. The van der Waals surface area contributed by atoms with E-state index in [9.17, 15) is 0 Å². The molecule has 0 radical (unpaired) electrons. The molecule has 20 heavy (non-hydrogen) atoms. The monoisotopic (exact) mass is 333 g/mol. The number of anilines is 1. The van der Waals surface area contributed by atoms with Crippen LogP contribution in [0.3, 0.4) is 0 Å². The standard InChI is InChI=1S/C14H16BrN5/c1-2-19-9-17-7-12(19)13-8-18-14(16)20(13)11-6-4-3-5-10(11)15/h3-7,9,13H,2,8H2,1H3,(H2,16,18). The Morgan fingerprint density at radius 1 is 1.40 bits per heavy atom. The number of imidazole rings is 1. The van der Waals surface area contributed by atoms with E-state index in [0.29, 0.717) is 12.5 Å². The maximum absolute atomic E-state index is 6.09. The fourth-order valence-corrected chi connectivity index (χ4v) is 3.01. The predicted octanol–water partition coefficient (Wildman–Crippen LogP) is 2.54. The summed E-state index contributed by atoms with van der Waals surface area (Å²) in [5.41, 5.74) is 8.25. The number of aryl methyl sites for hydroxylation is 1. The highest BCUT2D eigenvalue weighted by Gasteiger charge is 2.31. The maximum Gasteiger partial charge on any atom is 0.196 e. The van der Waals surface area contributed by atoms with Gasteiger partial charge in [0.2, 0.25) is 0 Å². The highest BCUT2D eigenvalue weighted by molar-refractivity contribution is 9.10. The first-order valence-corrected chi connectivity index (χ1v) is 7.35. The van der Waals surface area contributed by atoms with Gasteiger partial charge >= 0.3 is 0 Å². The predicted molar refractivity (Wildman–Crippen MR) is 83.8 cm³/mol. The second-order valence-corrected chi connectivity index (χ2v) is 5.49. The molecule has 1 atom stereocenters. The molecule has 1 aromatic carbocycles. The van der Waals surface area contributed by atoms with Gasteiger partial charge in [0.25, 0.3) is 0 Å². The van der Waals surface area contributed by atoms with Gasteiger partial charge in [-0.3, -0.25) is 4.99 Å². The molecule has 0 bridgehead atoms. The largest absolute Gasteiger partial charge is 0.369 e. The number of hydrogen-bond acceptors (Lipinski definition) is 4. The summed E-state index contributed by atoms with van der Waals surface area (Å²) in [5, 5.41) is 0. The van der Waals surface area contributed by atoms with E-state index >= 15 is 0 Å². The fourth-order valence-electron chi connectivity index (χ4n) is 2.53. The van der Waals surface area contributed by atoms with E-state index in [1.165, 1.54) is 0 Å². The summed E-state index contributed by atoms with van der Waals surface area (Å²) >= 11 is 3.59. The minimum atomic E-state index is 0.0937. The van der Waals surface area contributed by atoms with Crippen LogP contribution in [0.15, 0.2) is 46.3 Å². The summed E-state index contributed by atoms with van der Waals surface area (Å²) in [4.78, 5) is 10.7. The molecule has 6 heteroatoms. The first kappa shape index (κ1) is 13.2. The Morgan fingerprint density at radius 2 is 2.20 bits per heavy atom. The van der Waals surface area contributed by atoms with Crippen LogP contribution in [-0.2, 0) is 6.54 Å². The highest BCUT2D eigenvalue weighted by Crippen LogP contribution is 2.35. The Balaban J connectivity index is 2.03. The van der Waals surface area contributed by atoms with E-state index in [4.69, 9.17) is 5.73 Å². The molecule has 1 unspecified atom stereocenters. The van der Waals surface area contributed by atoms with E-state index < -0.39 is 0 Å². The van der Waals surface area contributed by atoms with Crippen molar-refractivity contribution < 1.29 is 0 Å². The second kappa shape index (κ2) is 5.28. The molecule has 2 aromatic rings. The average Bonchev–Trinajstić information content (AvgIpc) is 3.05. The van der Waals surface area contributed by atoms with Gasteiger partial charge in [-0.2, -0.15) is 0 Å². The molecular formula is C14H16BrN5. The SMILES string of the molecule is CCn1cncc1C1CN=C(N)N1c1ccccc1Br. The normalized spacial score (nSPS) is 18.4. The number of halogens is 1. The van der Waals surface area contributed by atoms with Crippen molar-refractivity contribution in [3.8, 4) is 0 Å². The van der Waals surface area contributed by atoms with Crippen LogP contribution in [-0.4, -0.2) is 22.1 Å². The van der Waals surface area contributed by atoms with Crippen molar-refractivity contribution in [1.82, 2.24) is 9.55 Å². The first-order chi connectivity index (χ1) is 9.72. The van der Waals surface area contributed by atoms with Crippen molar-refractivity contribution in [1.29, 1.82) is 0 Å². The van der Waals surface area contributed by atoms with E-state index in [-0.39, 0.29) is 6.04 Å². The molecule has 2 heterocycles. The second-order valence-electron chi connectivity index (χ2n) is 4.64. The van der Waals surface area contributed by atoms with Crippen LogP contribution in [0.1, 0.15) is 18.7 Å². The van der Waals surface area contributed by atoms with E-state index in [1.807, 2.05) is 36.8 Å². The molecular weight excluding hydrogens is 318 g/mol.